The van der Waals surface area contributed by atoms with Crippen LogP contribution in [0.3, 0.4) is 0 Å². The van der Waals surface area contributed by atoms with Gasteiger partial charge in [-0.3, -0.25) is 4.98 Å². The molecule has 0 bridgehead atoms. The normalized spacial score (nSPS) is 11.8. The van der Waals surface area contributed by atoms with Crippen LogP contribution in [0, 0.1) is 12.7 Å². The SMILES string of the molecule is Cc1cc(-c2cn(C(=O)OC(C)(C)C)c3ncc(Br)cc23)c(F)cn1. The van der Waals surface area contributed by atoms with Gasteiger partial charge in [-0.05, 0) is 55.8 Å². The first-order valence-electron chi connectivity index (χ1n) is 7.68. The topological polar surface area (TPSA) is 57.0 Å². The molecule has 0 spiro atoms. The Balaban J connectivity index is 2.25. The lowest BCUT2D eigenvalue weighted by Crippen LogP contribution is -2.26. The van der Waals surface area contributed by atoms with Crippen LogP contribution >= 0.6 is 15.9 Å². The average molecular weight is 406 g/mol. The highest BCUT2D eigenvalue weighted by atomic mass is 79.9. The van der Waals surface area contributed by atoms with Crippen molar-refractivity contribution in [3.8, 4) is 11.1 Å². The zero-order chi connectivity index (χ0) is 18.4. The van der Waals surface area contributed by atoms with Gasteiger partial charge in [0.05, 0.1) is 6.20 Å². The van der Waals surface area contributed by atoms with Crippen LogP contribution in [0.5, 0.6) is 0 Å². The number of rotatable bonds is 1. The number of fused-ring (bicyclic) bond motifs is 1. The molecule has 0 atom stereocenters. The number of hydrogen-bond donors (Lipinski definition) is 0. The lowest BCUT2D eigenvalue weighted by Gasteiger charge is -2.19. The number of carbonyl (C=O) groups is 1. The van der Waals surface area contributed by atoms with Crippen molar-refractivity contribution in [3.05, 3.63) is 46.7 Å². The fourth-order valence-electron chi connectivity index (χ4n) is 2.50. The Labute approximate surface area is 153 Å². The Hall–Kier alpha value is -2.28. The second-order valence-corrected chi connectivity index (χ2v) is 7.64. The molecule has 0 aliphatic heterocycles. The van der Waals surface area contributed by atoms with Crippen molar-refractivity contribution in [1.29, 1.82) is 0 Å². The van der Waals surface area contributed by atoms with Crippen LogP contribution in [-0.2, 0) is 4.74 Å². The van der Waals surface area contributed by atoms with Gasteiger partial charge < -0.3 is 4.74 Å². The van der Waals surface area contributed by atoms with Gasteiger partial charge in [0.15, 0.2) is 0 Å². The standard InChI is InChI=1S/C18H17BrFN3O2/c1-10-5-12(15(20)8-21-10)14-9-23(17(24)25-18(2,3)4)16-13(14)6-11(19)7-22-16/h5-9H,1-4H3. The molecule has 3 aromatic rings. The first-order chi connectivity index (χ1) is 11.7. The molecular formula is C18H17BrFN3O2. The Morgan fingerprint density at radius 1 is 1.20 bits per heavy atom. The maximum absolute atomic E-state index is 14.3. The van der Waals surface area contributed by atoms with Gasteiger partial charge in [0.1, 0.15) is 17.1 Å². The maximum Gasteiger partial charge on any atom is 0.420 e. The number of ether oxygens (including phenoxy) is 1. The molecule has 0 fully saturated rings. The Morgan fingerprint density at radius 2 is 1.92 bits per heavy atom. The molecule has 0 N–H and O–H groups in total. The molecule has 0 saturated carbocycles. The van der Waals surface area contributed by atoms with Crippen molar-refractivity contribution >= 4 is 33.1 Å². The molecule has 130 valence electrons. The van der Waals surface area contributed by atoms with E-state index in [1.807, 2.05) is 0 Å². The minimum absolute atomic E-state index is 0.361. The number of hydrogen-bond acceptors (Lipinski definition) is 4. The summed E-state index contributed by atoms with van der Waals surface area (Å²) >= 11 is 3.37. The molecule has 3 heterocycles. The van der Waals surface area contributed by atoms with Crippen LogP contribution in [0.2, 0.25) is 0 Å². The van der Waals surface area contributed by atoms with E-state index in [0.29, 0.717) is 27.9 Å². The highest BCUT2D eigenvalue weighted by molar-refractivity contribution is 9.10. The van der Waals surface area contributed by atoms with Crippen molar-refractivity contribution in [2.24, 2.45) is 0 Å². The molecule has 3 aromatic heterocycles. The number of carbonyl (C=O) groups excluding carboxylic acids is 1. The predicted molar refractivity (Wildman–Crippen MR) is 97.0 cm³/mol. The third-order valence-electron chi connectivity index (χ3n) is 3.48. The van der Waals surface area contributed by atoms with Crippen LogP contribution < -0.4 is 0 Å². The summed E-state index contributed by atoms with van der Waals surface area (Å²) in [5.41, 5.74) is 1.35. The molecular weight excluding hydrogens is 389 g/mol. The summed E-state index contributed by atoms with van der Waals surface area (Å²) in [6.07, 6.45) is 3.74. The van der Waals surface area contributed by atoms with Gasteiger partial charge in [0.2, 0.25) is 0 Å². The van der Waals surface area contributed by atoms with Crippen LogP contribution in [-0.4, -0.2) is 26.2 Å². The monoisotopic (exact) mass is 405 g/mol. The molecule has 5 nitrogen and oxygen atoms in total. The second kappa shape index (κ2) is 6.22. The summed E-state index contributed by atoms with van der Waals surface area (Å²) in [5.74, 6) is -0.464. The summed E-state index contributed by atoms with van der Waals surface area (Å²) in [5, 5.41) is 0.643. The number of halogens is 2. The molecule has 0 aliphatic carbocycles. The molecule has 7 heteroatoms. The fourth-order valence-corrected chi connectivity index (χ4v) is 2.83. The van der Waals surface area contributed by atoms with Gasteiger partial charge >= 0.3 is 6.09 Å². The van der Waals surface area contributed by atoms with Crippen molar-refractivity contribution in [1.82, 2.24) is 14.5 Å². The zero-order valence-corrected chi connectivity index (χ0v) is 15.9. The van der Waals surface area contributed by atoms with Crippen LogP contribution in [0.25, 0.3) is 22.2 Å². The van der Waals surface area contributed by atoms with Gasteiger partial charge in [0, 0.05) is 39.1 Å². The number of nitrogens with zero attached hydrogens (tertiary/aromatic N) is 3. The maximum atomic E-state index is 14.3. The van der Waals surface area contributed by atoms with Crippen molar-refractivity contribution < 1.29 is 13.9 Å². The molecule has 3 rings (SSSR count). The molecule has 0 unspecified atom stereocenters. The molecule has 0 aliphatic rings. The summed E-state index contributed by atoms with van der Waals surface area (Å²) in [4.78, 5) is 20.8. The quantitative estimate of drug-likeness (QED) is 0.565. The van der Waals surface area contributed by atoms with Crippen molar-refractivity contribution in [2.45, 2.75) is 33.3 Å². The summed E-state index contributed by atoms with van der Waals surface area (Å²) < 4.78 is 21.8. The van der Waals surface area contributed by atoms with E-state index >= 15 is 0 Å². The number of aryl methyl sites for hydroxylation is 1. The Kier molecular flexibility index (Phi) is 4.36. The largest absolute Gasteiger partial charge is 0.443 e. The molecule has 0 aromatic carbocycles. The van der Waals surface area contributed by atoms with Crippen LogP contribution in [0.1, 0.15) is 26.5 Å². The summed E-state index contributed by atoms with van der Waals surface area (Å²) in [6, 6.07) is 3.44. The van der Waals surface area contributed by atoms with Crippen molar-refractivity contribution in [3.63, 3.8) is 0 Å². The zero-order valence-electron chi connectivity index (χ0n) is 14.3. The van der Waals surface area contributed by atoms with E-state index in [9.17, 15) is 9.18 Å². The van der Waals surface area contributed by atoms with E-state index in [4.69, 9.17) is 4.74 Å². The van der Waals surface area contributed by atoms with Crippen LogP contribution in [0.15, 0.2) is 35.2 Å². The highest BCUT2D eigenvalue weighted by Gasteiger charge is 2.23. The third-order valence-corrected chi connectivity index (χ3v) is 3.92. The van der Waals surface area contributed by atoms with Gasteiger partial charge in [-0.15, -0.1) is 0 Å². The molecule has 0 radical (unpaired) electrons. The Morgan fingerprint density at radius 3 is 2.60 bits per heavy atom. The first kappa shape index (κ1) is 17.5. The van der Waals surface area contributed by atoms with E-state index in [2.05, 4.69) is 25.9 Å². The van der Waals surface area contributed by atoms with Crippen LogP contribution in [0.4, 0.5) is 9.18 Å². The van der Waals surface area contributed by atoms with Gasteiger partial charge in [-0.2, -0.15) is 0 Å². The molecule has 0 amide bonds. The summed E-state index contributed by atoms with van der Waals surface area (Å²) in [7, 11) is 0. The van der Waals surface area contributed by atoms with E-state index < -0.39 is 17.5 Å². The second-order valence-electron chi connectivity index (χ2n) is 6.72. The molecule has 0 saturated heterocycles. The predicted octanol–water partition coefficient (Wildman–Crippen LogP) is 5.09. The van der Waals surface area contributed by atoms with E-state index in [0.717, 1.165) is 4.47 Å². The lowest BCUT2D eigenvalue weighted by molar-refractivity contribution is 0.0543. The van der Waals surface area contributed by atoms with Gasteiger partial charge in [-0.25, -0.2) is 18.7 Å². The lowest BCUT2D eigenvalue weighted by atomic mass is 10.1. The fraction of sp³-hybridized carbons (Fsp3) is 0.278. The number of aromatic nitrogens is 3. The minimum Gasteiger partial charge on any atom is -0.443 e. The third kappa shape index (κ3) is 3.56. The van der Waals surface area contributed by atoms with E-state index in [1.54, 1.807) is 52.2 Å². The number of pyridine rings is 2. The van der Waals surface area contributed by atoms with Gasteiger partial charge in [-0.1, -0.05) is 0 Å². The van der Waals surface area contributed by atoms with E-state index in [-0.39, 0.29) is 0 Å². The smallest absolute Gasteiger partial charge is 0.420 e. The van der Waals surface area contributed by atoms with E-state index in [1.165, 1.54) is 10.8 Å². The average Bonchev–Trinajstić information content (AvgIpc) is 2.86. The Bertz CT molecular complexity index is 976. The highest BCUT2D eigenvalue weighted by Crippen LogP contribution is 2.33. The minimum atomic E-state index is -0.651. The first-order valence-corrected chi connectivity index (χ1v) is 8.47. The van der Waals surface area contributed by atoms with Gasteiger partial charge in [0.25, 0.3) is 0 Å². The molecule has 25 heavy (non-hydrogen) atoms. The summed E-state index contributed by atoms with van der Waals surface area (Å²) in [6.45, 7) is 7.14. The van der Waals surface area contributed by atoms with Crippen molar-refractivity contribution in [2.75, 3.05) is 0 Å².